The molecule has 0 fully saturated rings. The van der Waals surface area contributed by atoms with Crippen LogP contribution in [0.1, 0.15) is 42.5 Å². The Balaban J connectivity index is 2.00. The Labute approximate surface area is 150 Å². The van der Waals surface area contributed by atoms with Crippen LogP contribution in [0.15, 0.2) is 30.3 Å². The summed E-state index contributed by atoms with van der Waals surface area (Å²) in [6, 6.07) is 10.5. The van der Waals surface area contributed by atoms with Gasteiger partial charge in [-0.05, 0) is 38.2 Å². The Kier molecular flexibility index (Phi) is 4.45. The molecule has 2 aromatic rings. The topological polar surface area (TPSA) is 41.4 Å². The largest absolute Gasteiger partial charge is 0.305 e. The van der Waals surface area contributed by atoms with Gasteiger partial charge >= 0.3 is 0 Å². The summed E-state index contributed by atoms with van der Waals surface area (Å²) < 4.78 is 1.71. The summed E-state index contributed by atoms with van der Waals surface area (Å²) in [7, 11) is 5.99. The summed E-state index contributed by atoms with van der Waals surface area (Å²) in [4.78, 5) is 17.4. The molecule has 0 saturated carbocycles. The molecule has 0 unspecified atom stereocenters. The maximum Gasteiger partial charge on any atom is 0.276 e. The van der Waals surface area contributed by atoms with Gasteiger partial charge in [-0.15, -0.1) is 0 Å². The van der Waals surface area contributed by atoms with Crippen LogP contribution in [-0.4, -0.2) is 47.3 Å². The number of carbonyl (C=O) groups is 1. The van der Waals surface area contributed by atoms with Gasteiger partial charge in [0, 0.05) is 30.7 Å². The van der Waals surface area contributed by atoms with E-state index < -0.39 is 0 Å². The fraction of sp³-hybridized carbons (Fsp3) is 0.500. The molecule has 2 heterocycles. The van der Waals surface area contributed by atoms with Crippen LogP contribution in [-0.2, 0) is 18.9 Å². The molecule has 0 saturated heterocycles. The fourth-order valence-corrected chi connectivity index (χ4v) is 3.28. The third-order valence-electron chi connectivity index (χ3n) is 4.97. The number of amides is 1. The minimum absolute atomic E-state index is 0.0181. The van der Waals surface area contributed by atoms with Crippen LogP contribution in [0.5, 0.6) is 0 Å². The number of hydrogen-bond donors (Lipinski definition) is 0. The molecule has 1 aromatic heterocycles. The molecule has 1 atom stereocenters. The van der Waals surface area contributed by atoms with E-state index in [2.05, 4.69) is 50.9 Å². The molecule has 1 aromatic carbocycles. The van der Waals surface area contributed by atoms with Crippen molar-refractivity contribution in [2.45, 2.75) is 38.6 Å². The molecule has 0 spiro atoms. The molecule has 5 heteroatoms. The number of aryl methyl sites for hydroxylation is 1. The first-order valence-electron chi connectivity index (χ1n) is 8.79. The van der Waals surface area contributed by atoms with Crippen molar-refractivity contribution in [1.82, 2.24) is 14.7 Å². The summed E-state index contributed by atoms with van der Waals surface area (Å²) in [5.74, 6) is 0.0181. The van der Waals surface area contributed by atoms with Crippen molar-refractivity contribution in [2.24, 2.45) is 7.05 Å². The van der Waals surface area contributed by atoms with Gasteiger partial charge in [0.05, 0.1) is 5.69 Å². The average molecular weight is 340 g/mol. The predicted molar refractivity (Wildman–Crippen MR) is 101 cm³/mol. The highest BCUT2D eigenvalue weighted by molar-refractivity contribution is 6.05. The quantitative estimate of drug-likeness (QED) is 0.844. The molecule has 5 nitrogen and oxygen atoms in total. The second-order valence-corrected chi connectivity index (χ2v) is 8.15. The molecule has 0 bridgehead atoms. The monoisotopic (exact) mass is 340 g/mol. The summed E-state index contributed by atoms with van der Waals surface area (Å²) in [6.07, 6.45) is 0.964. The number of hydrogen-bond acceptors (Lipinski definition) is 3. The van der Waals surface area contributed by atoms with E-state index in [1.165, 1.54) is 5.56 Å². The van der Waals surface area contributed by atoms with Crippen LogP contribution >= 0.6 is 0 Å². The fourth-order valence-electron chi connectivity index (χ4n) is 3.28. The van der Waals surface area contributed by atoms with Crippen LogP contribution < -0.4 is 4.90 Å². The molecule has 0 N–H and O–H groups in total. The van der Waals surface area contributed by atoms with E-state index in [4.69, 9.17) is 0 Å². The zero-order chi connectivity index (χ0) is 18.4. The minimum Gasteiger partial charge on any atom is -0.305 e. The Bertz CT molecular complexity index is 785. The highest BCUT2D eigenvalue weighted by Gasteiger charge is 2.32. The van der Waals surface area contributed by atoms with Gasteiger partial charge in [-0.25, -0.2) is 0 Å². The molecule has 1 amide bonds. The number of aromatic nitrogens is 2. The Hall–Kier alpha value is -2.14. The average Bonchev–Trinajstić information content (AvgIpc) is 2.95. The highest BCUT2D eigenvalue weighted by Crippen LogP contribution is 2.30. The lowest BCUT2D eigenvalue weighted by Crippen LogP contribution is -2.48. The number of anilines is 1. The maximum atomic E-state index is 13.3. The van der Waals surface area contributed by atoms with Crippen LogP contribution in [0.3, 0.4) is 0 Å². The van der Waals surface area contributed by atoms with Crippen LogP contribution in [0.4, 0.5) is 5.69 Å². The van der Waals surface area contributed by atoms with Crippen molar-refractivity contribution < 1.29 is 4.79 Å². The van der Waals surface area contributed by atoms with E-state index in [0.29, 0.717) is 18.3 Å². The van der Waals surface area contributed by atoms with Crippen LogP contribution in [0.25, 0.3) is 0 Å². The maximum absolute atomic E-state index is 13.3. The molecule has 0 aliphatic carbocycles. The zero-order valence-electron chi connectivity index (χ0n) is 16.1. The van der Waals surface area contributed by atoms with Crippen molar-refractivity contribution in [3.8, 4) is 0 Å². The number of likely N-dealkylation sites (N-methyl/N-ethyl adjacent to an activating group) is 1. The molecular formula is C20H28N4O. The van der Waals surface area contributed by atoms with Crippen molar-refractivity contribution in [1.29, 1.82) is 0 Å². The van der Waals surface area contributed by atoms with E-state index in [9.17, 15) is 4.79 Å². The molecule has 1 aliphatic rings. The van der Waals surface area contributed by atoms with Gasteiger partial charge in [0.1, 0.15) is 5.69 Å². The van der Waals surface area contributed by atoms with Crippen molar-refractivity contribution in [3.05, 3.63) is 47.3 Å². The molecule has 3 rings (SSSR count). The van der Waals surface area contributed by atoms with Gasteiger partial charge in [-0.1, -0.05) is 39.0 Å². The summed E-state index contributed by atoms with van der Waals surface area (Å²) in [6.45, 7) is 7.03. The smallest absolute Gasteiger partial charge is 0.276 e. The van der Waals surface area contributed by atoms with Gasteiger partial charge in [0.15, 0.2) is 0 Å². The van der Waals surface area contributed by atoms with Gasteiger partial charge < -0.3 is 9.80 Å². The Morgan fingerprint density at radius 1 is 1.24 bits per heavy atom. The number of rotatable bonds is 2. The third-order valence-corrected chi connectivity index (χ3v) is 4.97. The number of para-hydroxylation sites is 1. The number of fused-ring (bicyclic) bond motifs is 1. The number of carbonyl (C=O) groups excluding carboxylic acids is 1. The lowest BCUT2D eigenvalue weighted by atomic mass is 9.92. The molecule has 0 radical (unpaired) electrons. The van der Waals surface area contributed by atoms with Gasteiger partial charge in [-0.3, -0.25) is 9.48 Å². The summed E-state index contributed by atoms with van der Waals surface area (Å²) in [5.41, 5.74) is 3.73. The Morgan fingerprint density at radius 3 is 2.52 bits per heavy atom. The third kappa shape index (κ3) is 3.33. The highest BCUT2D eigenvalue weighted by atomic mass is 16.2. The number of benzene rings is 1. The second-order valence-electron chi connectivity index (χ2n) is 8.15. The van der Waals surface area contributed by atoms with Gasteiger partial charge in [-0.2, -0.15) is 5.10 Å². The molecule has 1 aliphatic heterocycles. The normalized spacial score (nSPS) is 17.7. The first-order valence-corrected chi connectivity index (χ1v) is 8.79. The van der Waals surface area contributed by atoms with E-state index in [1.807, 2.05) is 36.2 Å². The molecule has 25 heavy (non-hydrogen) atoms. The van der Waals surface area contributed by atoms with E-state index in [0.717, 1.165) is 17.8 Å². The Morgan fingerprint density at radius 2 is 1.92 bits per heavy atom. The van der Waals surface area contributed by atoms with Crippen molar-refractivity contribution in [3.63, 3.8) is 0 Å². The first kappa shape index (κ1) is 17.7. The van der Waals surface area contributed by atoms with Crippen LogP contribution in [0.2, 0.25) is 0 Å². The molecular weight excluding hydrogens is 312 g/mol. The van der Waals surface area contributed by atoms with Gasteiger partial charge in [0.2, 0.25) is 0 Å². The zero-order valence-corrected chi connectivity index (χ0v) is 16.1. The SMILES string of the molecule is CN(C)[C@H]1Cc2ccccc2N(C(=O)c2cc(C(C)(C)C)nn2C)C1. The van der Waals surface area contributed by atoms with Crippen molar-refractivity contribution in [2.75, 3.05) is 25.5 Å². The standard InChI is InChI=1S/C20H28N4O/c1-20(2,3)18-12-17(23(6)21-18)19(25)24-13-15(22(4)5)11-14-9-7-8-10-16(14)24/h7-10,12,15H,11,13H2,1-6H3/t15-/m0/s1. The number of nitrogens with zero attached hydrogens (tertiary/aromatic N) is 4. The second kappa shape index (κ2) is 6.30. The van der Waals surface area contributed by atoms with E-state index in [1.54, 1.807) is 4.68 Å². The predicted octanol–water partition coefficient (Wildman–Crippen LogP) is 2.85. The lowest BCUT2D eigenvalue weighted by Gasteiger charge is -2.37. The molecule has 134 valence electrons. The van der Waals surface area contributed by atoms with Gasteiger partial charge in [0.25, 0.3) is 5.91 Å². The van der Waals surface area contributed by atoms with E-state index in [-0.39, 0.29) is 11.3 Å². The summed E-state index contributed by atoms with van der Waals surface area (Å²) in [5, 5.41) is 4.57. The van der Waals surface area contributed by atoms with E-state index >= 15 is 0 Å². The summed E-state index contributed by atoms with van der Waals surface area (Å²) >= 11 is 0. The minimum atomic E-state index is -0.0811. The lowest BCUT2D eigenvalue weighted by molar-refractivity contribution is 0.0967. The first-order chi connectivity index (χ1) is 11.7. The van der Waals surface area contributed by atoms with Crippen LogP contribution in [0, 0.1) is 0 Å². The van der Waals surface area contributed by atoms with Crippen molar-refractivity contribution >= 4 is 11.6 Å².